The molecule has 0 bridgehead atoms. The van der Waals surface area contributed by atoms with Gasteiger partial charge in [0.1, 0.15) is 0 Å². The van der Waals surface area contributed by atoms with Crippen LogP contribution in [-0.2, 0) is 16.1 Å². The van der Waals surface area contributed by atoms with Gasteiger partial charge >= 0.3 is 0 Å². The molecule has 1 heterocycles. The quantitative estimate of drug-likeness (QED) is 0.614. The molecule has 1 aliphatic rings. The predicted molar refractivity (Wildman–Crippen MR) is 119 cm³/mol. The Morgan fingerprint density at radius 1 is 1.10 bits per heavy atom. The summed E-state index contributed by atoms with van der Waals surface area (Å²) in [4.78, 5) is 27.8. The summed E-state index contributed by atoms with van der Waals surface area (Å²) in [6, 6.07) is 17.5. The summed E-state index contributed by atoms with van der Waals surface area (Å²) in [6.07, 6.45) is 3.38. The number of carbonyl (C=O) groups is 2. The van der Waals surface area contributed by atoms with Crippen LogP contribution in [0, 0.1) is 5.92 Å². The van der Waals surface area contributed by atoms with E-state index in [9.17, 15) is 9.59 Å². The molecule has 0 spiro atoms. The van der Waals surface area contributed by atoms with Crippen LogP contribution in [0.1, 0.15) is 31.2 Å². The van der Waals surface area contributed by atoms with Crippen molar-refractivity contribution in [1.29, 1.82) is 0 Å². The summed E-state index contributed by atoms with van der Waals surface area (Å²) in [5.74, 6) is 1.08. The van der Waals surface area contributed by atoms with Crippen LogP contribution in [0.5, 0.6) is 0 Å². The molecule has 6 heteroatoms. The second-order valence-electron chi connectivity index (χ2n) is 7.36. The van der Waals surface area contributed by atoms with E-state index in [4.69, 9.17) is 11.6 Å². The van der Waals surface area contributed by atoms with Gasteiger partial charge in [-0.1, -0.05) is 48.0 Å². The molecule has 1 saturated heterocycles. The van der Waals surface area contributed by atoms with Crippen LogP contribution in [0.25, 0.3) is 0 Å². The first-order valence-electron chi connectivity index (χ1n) is 10.1. The molecule has 0 unspecified atom stereocenters. The van der Waals surface area contributed by atoms with Crippen LogP contribution >= 0.6 is 23.4 Å². The van der Waals surface area contributed by atoms with Crippen molar-refractivity contribution in [2.24, 2.45) is 5.92 Å². The minimum absolute atomic E-state index is 0.0352. The van der Waals surface area contributed by atoms with E-state index in [1.54, 1.807) is 11.8 Å². The monoisotopic (exact) mass is 430 g/mol. The molecule has 0 aromatic heterocycles. The van der Waals surface area contributed by atoms with Gasteiger partial charge in [0.2, 0.25) is 11.8 Å². The number of rotatable bonds is 8. The normalized spacial score (nSPS) is 16.4. The molecule has 1 aliphatic heterocycles. The highest BCUT2D eigenvalue weighted by molar-refractivity contribution is 8.00. The summed E-state index contributed by atoms with van der Waals surface area (Å²) >= 11 is 7.71. The predicted octanol–water partition coefficient (Wildman–Crippen LogP) is 4.77. The molecule has 0 aliphatic carbocycles. The minimum Gasteiger partial charge on any atom is -0.352 e. The maximum atomic E-state index is 12.6. The minimum atomic E-state index is 0.0352. The van der Waals surface area contributed by atoms with Gasteiger partial charge in [-0.05, 0) is 48.9 Å². The number of hydrogen-bond acceptors (Lipinski definition) is 3. The van der Waals surface area contributed by atoms with Crippen molar-refractivity contribution in [3.8, 4) is 0 Å². The Hall–Kier alpha value is -1.98. The van der Waals surface area contributed by atoms with E-state index >= 15 is 0 Å². The van der Waals surface area contributed by atoms with Crippen molar-refractivity contribution in [2.75, 3.05) is 18.8 Å². The highest BCUT2D eigenvalue weighted by Gasteiger charge is 2.24. The number of amides is 2. The number of thioether (sulfide) groups is 1. The fraction of sp³-hybridized carbons (Fsp3) is 0.391. The molecule has 2 aromatic rings. The van der Waals surface area contributed by atoms with E-state index in [-0.39, 0.29) is 11.8 Å². The van der Waals surface area contributed by atoms with E-state index in [2.05, 4.69) is 5.32 Å². The molecule has 29 heavy (non-hydrogen) atoms. The third-order valence-electron chi connectivity index (χ3n) is 5.19. The topological polar surface area (TPSA) is 49.4 Å². The van der Waals surface area contributed by atoms with E-state index in [0.717, 1.165) is 42.8 Å². The van der Waals surface area contributed by atoms with Crippen molar-refractivity contribution >= 4 is 35.2 Å². The lowest BCUT2D eigenvalue weighted by molar-refractivity contribution is -0.130. The third-order valence-corrected chi connectivity index (χ3v) is 6.56. The summed E-state index contributed by atoms with van der Waals surface area (Å²) in [5.41, 5.74) is 0.924. The van der Waals surface area contributed by atoms with Crippen molar-refractivity contribution < 1.29 is 9.59 Å². The lowest BCUT2D eigenvalue weighted by Crippen LogP contribution is -2.41. The van der Waals surface area contributed by atoms with Crippen LogP contribution in [0.2, 0.25) is 5.02 Å². The number of carbonyl (C=O) groups excluding carboxylic acids is 2. The summed E-state index contributed by atoms with van der Waals surface area (Å²) in [6.45, 7) is 2.03. The molecule has 1 atom stereocenters. The standard InChI is InChI=1S/C23H27ClN2O2S/c24-21-11-5-4-8-19(21)15-25-22(27)13-12-18-7-6-14-26(16-18)23(28)17-29-20-9-2-1-3-10-20/h1-5,8-11,18H,6-7,12-17H2,(H,25,27)/t18-/m0/s1. The van der Waals surface area contributed by atoms with Crippen molar-refractivity contribution in [2.45, 2.75) is 37.1 Å². The van der Waals surface area contributed by atoms with Gasteiger partial charge in [0.25, 0.3) is 0 Å². The Bertz CT molecular complexity index is 816. The highest BCUT2D eigenvalue weighted by Crippen LogP contribution is 2.23. The molecule has 2 aromatic carbocycles. The molecule has 2 amide bonds. The van der Waals surface area contributed by atoms with Crippen LogP contribution in [-0.4, -0.2) is 35.6 Å². The Kier molecular flexibility index (Phi) is 8.44. The fourth-order valence-electron chi connectivity index (χ4n) is 3.54. The summed E-state index contributed by atoms with van der Waals surface area (Å²) in [7, 11) is 0. The van der Waals surface area contributed by atoms with Gasteiger partial charge in [-0.3, -0.25) is 9.59 Å². The molecular formula is C23H27ClN2O2S. The van der Waals surface area contributed by atoms with Gasteiger partial charge < -0.3 is 10.2 Å². The summed E-state index contributed by atoms with van der Waals surface area (Å²) < 4.78 is 0. The Balaban J connectivity index is 1.38. The largest absolute Gasteiger partial charge is 0.352 e. The lowest BCUT2D eigenvalue weighted by Gasteiger charge is -2.32. The van der Waals surface area contributed by atoms with Gasteiger partial charge in [-0.2, -0.15) is 0 Å². The number of benzene rings is 2. The Morgan fingerprint density at radius 2 is 1.86 bits per heavy atom. The van der Waals surface area contributed by atoms with Crippen molar-refractivity contribution in [3.63, 3.8) is 0 Å². The second kappa shape index (κ2) is 11.3. The van der Waals surface area contributed by atoms with Gasteiger partial charge in [0, 0.05) is 36.0 Å². The second-order valence-corrected chi connectivity index (χ2v) is 8.81. The van der Waals surface area contributed by atoms with Crippen molar-refractivity contribution in [3.05, 3.63) is 65.2 Å². The van der Waals surface area contributed by atoms with E-state index in [1.165, 1.54) is 0 Å². The first-order valence-corrected chi connectivity index (χ1v) is 11.4. The summed E-state index contributed by atoms with van der Waals surface area (Å²) in [5, 5.41) is 3.61. The number of hydrogen-bond donors (Lipinski definition) is 1. The first-order chi connectivity index (χ1) is 14.1. The van der Waals surface area contributed by atoms with E-state index in [0.29, 0.717) is 29.7 Å². The van der Waals surface area contributed by atoms with Crippen molar-refractivity contribution in [1.82, 2.24) is 10.2 Å². The van der Waals surface area contributed by atoms with Gasteiger partial charge in [-0.25, -0.2) is 0 Å². The number of halogens is 1. The molecule has 154 valence electrons. The smallest absolute Gasteiger partial charge is 0.232 e. The lowest BCUT2D eigenvalue weighted by atomic mass is 9.93. The zero-order chi connectivity index (χ0) is 20.5. The zero-order valence-corrected chi connectivity index (χ0v) is 18.1. The number of nitrogens with zero attached hydrogens (tertiary/aromatic N) is 1. The molecule has 4 nitrogen and oxygen atoms in total. The first kappa shape index (κ1) is 21.7. The molecular weight excluding hydrogens is 404 g/mol. The van der Waals surface area contributed by atoms with Crippen LogP contribution in [0.3, 0.4) is 0 Å². The molecule has 1 fully saturated rings. The van der Waals surface area contributed by atoms with Gasteiger partial charge in [0.15, 0.2) is 0 Å². The zero-order valence-electron chi connectivity index (χ0n) is 16.5. The number of nitrogens with one attached hydrogen (secondary N) is 1. The maximum Gasteiger partial charge on any atom is 0.232 e. The average molecular weight is 431 g/mol. The van der Waals surface area contributed by atoms with Crippen LogP contribution in [0.4, 0.5) is 0 Å². The Labute approximate surface area is 182 Å². The molecule has 1 N–H and O–H groups in total. The number of likely N-dealkylation sites (tertiary alicyclic amines) is 1. The highest BCUT2D eigenvalue weighted by atomic mass is 35.5. The third kappa shape index (κ3) is 7.09. The van der Waals surface area contributed by atoms with Gasteiger partial charge in [-0.15, -0.1) is 11.8 Å². The number of piperidine rings is 1. The fourth-order valence-corrected chi connectivity index (χ4v) is 4.56. The van der Waals surface area contributed by atoms with E-state index in [1.807, 2.05) is 59.5 Å². The maximum absolute atomic E-state index is 12.6. The average Bonchev–Trinajstić information content (AvgIpc) is 2.76. The Morgan fingerprint density at radius 3 is 2.66 bits per heavy atom. The van der Waals surface area contributed by atoms with Gasteiger partial charge in [0.05, 0.1) is 5.75 Å². The molecule has 0 saturated carbocycles. The molecule has 3 rings (SSSR count). The van der Waals surface area contributed by atoms with E-state index < -0.39 is 0 Å². The SMILES string of the molecule is O=C(CC[C@@H]1CCCN(C(=O)CSc2ccccc2)C1)NCc1ccccc1Cl. The van der Waals surface area contributed by atoms with Crippen LogP contribution in [0.15, 0.2) is 59.5 Å². The van der Waals surface area contributed by atoms with Crippen LogP contribution < -0.4 is 5.32 Å². The molecule has 0 radical (unpaired) electrons.